The van der Waals surface area contributed by atoms with Crippen molar-refractivity contribution in [2.75, 3.05) is 25.1 Å². The van der Waals surface area contributed by atoms with E-state index < -0.39 is 0 Å². The largest absolute Gasteiger partial charge is 0.379 e. The Morgan fingerprint density at radius 3 is 2.95 bits per heavy atom. The average molecular weight is 258 g/mol. The summed E-state index contributed by atoms with van der Waals surface area (Å²) in [5.74, 6) is 0.529. The number of nitrogens with zero attached hydrogens (tertiary/aromatic N) is 2. The van der Waals surface area contributed by atoms with Crippen LogP contribution in [0.3, 0.4) is 0 Å². The predicted octanol–water partition coefficient (Wildman–Crippen LogP) is 2.23. The van der Waals surface area contributed by atoms with Gasteiger partial charge in [-0.1, -0.05) is 6.92 Å². The molecule has 0 spiro atoms. The van der Waals surface area contributed by atoms with Crippen LogP contribution in [0.15, 0.2) is 18.2 Å². The fourth-order valence-corrected chi connectivity index (χ4v) is 2.55. The lowest BCUT2D eigenvalue weighted by atomic mass is 9.94. The van der Waals surface area contributed by atoms with Crippen LogP contribution < -0.4 is 4.90 Å². The predicted molar refractivity (Wildman–Crippen MR) is 73.3 cm³/mol. The zero-order valence-corrected chi connectivity index (χ0v) is 11.3. The summed E-state index contributed by atoms with van der Waals surface area (Å²) in [7, 11) is 1.73. The van der Waals surface area contributed by atoms with Crippen molar-refractivity contribution >= 4 is 12.0 Å². The highest BCUT2D eigenvalue weighted by Crippen LogP contribution is 2.27. The number of rotatable bonds is 3. The second kappa shape index (κ2) is 5.85. The molecule has 0 aromatic heterocycles. The minimum absolute atomic E-state index is 0.186. The molecule has 1 fully saturated rings. The molecule has 2 rings (SSSR count). The Kier molecular flexibility index (Phi) is 4.18. The summed E-state index contributed by atoms with van der Waals surface area (Å²) in [6.07, 6.45) is 1.99. The molecule has 1 aromatic rings. The lowest BCUT2D eigenvalue weighted by Crippen LogP contribution is -2.44. The lowest BCUT2D eigenvalue weighted by Gasteiger charge is -2.38. The number of nitriles is 1. The minimum atomic E-state index is 0.186. The zero-order valence-electron chi connectivity index (χ0n) is 11.3. The first-order valence-corrected chi connectivity index (χ1v) is 6.46. The number of carbonyl (C=O) groups excluding carboxylic acids is 1. The maximum atomic E-state index is 10.8. The van der Waals surface area contributed by atoms with Crippen molar-refractivity contribution in [3.05, 3.63) is 29.3 Å². The Balaban J connectivity index is 2.27. The van der Waals surface area contributed by atoms with Crippen LogP contribution in [-0.4, -0.2) is 32.6 Å². The number of methoxy groups -OCH3 is 1. The Morgan fingerprint density at radius 2 is 2.32 bits per heavy atom. The summed E-state index contributed by atoms with van der Waals surface area (Å²) >= 11 is 0. The third-order valence-corrected chi connectivity index (χ3v) is 3.81. The van der Waals surface area contributed by atoms with Crippen molar-refractivity contribution in [2.24, 2.45) is 5.92 Å². The topological polar surface area (TPSA) is 53.3 Å². The standard InChI is InChI=1S/C15H18N2O2/c1-11-5-6-17(9-15(11)19-2)14-4-3-12(10-18)7-13(14)8-16/h3-4,7,10-11,15H,5-6,9H2,1-2H3. The molecule has 0 aliphatic carbocycles. The van der Waals surface area contributed by atoms with E-state index in [1.54, 1.807) is 19.2 Å². The van der Waals surface area contributed by atoms with Gasteiger partial charge in [-0.2, -0.15) is 5.26 Å². The van der Waals surface area contributed by atoms with Crippen LogP contribution in [0, 0.1) is 17.2 Å². The van der Waals surface area contributed by atoms with Crippen molar-refractivity contribution in [1.82, 2.24) is 0 Å². The Hall–Kier alpha value is -1.86. The van der Waals surface area contributed by atoms with Crippen molar-refractivity contribution in [1.29, 1.82) is 5.26 Å². The summed E-state index contributed by atoms with van der Waals surface area (Å²) < 4.78 is 5.49. The number of ether oxygens (including phenoxy) is 1. The number of anilines is 1. The molecule has 4 heteroatoms. The summed E-state index contributed by atoms with van der Waals surface area (Å²) in [6, 6.07) is 7.42. The molecule has 0 amide bonds. The number of hydrogen-bond acceptors (Lipinski definition) is 4. The molecule has 2 atom stereocenters. The second-order valence-electron chi connectivity index (χ2n) is 4.99. The van der Waals surface area contributed by atoms with Crippen LogP contribution in [0.25, 0.3) is 0 Å². The third-order valence-electron chi connectivity index (χ3n) is 3.81. The van der Waals surface area contributed by atoms with Crippen molar-refractivity contribution in [3.8, 4) is 6.07 Å². The first-order chi connectivity index (χ1) is 9.19. The van der Waals surface area contributed by atoms with E-state index in [0.29, 0.717) is 17.0 Å². The maximum absolute atomic E-state index is 10.8. The molecular weight excluding hydrogens is 240 g/mol. The molecule has 1 aromatic carbocycles. The molecule has 1 saturated heterocycles. The quantitative estimate of drug-likeness (QED) is 0.780. The SMILES string of the molecule is COC1CN(c2ccc(C=O)cc2C#N)CCC1C. The molecule has 2 unspecified atom stereocenters. The highest BCUT2D eigenvalue weighted by atomic mass is 16.5. The van der Waals surface area contributed by atoms with Crippen LogP contribution in [-0.2, 0) is 4.74 Å². The smallest absolute Gasteiger partial charge is 0.150 e. The molecule has 1 aliphatic heterocycles. The molecule has 19 heavy (non-hydrogen) atoms. The summed E-state index contributed by atoms with van der Waals surface area (Å²) in [4.78, 5) is 12.9. The van der Waals surface area contributed by atoms with Gasteiger partial charge in [-0.05, 0) is 30.5 Å². The normalized spacial score (nSPS) is 22.9. The number of aldehydes is 1. The van der Waals surface area contributed by atoms with Crippen LogP contribution in [0.1, 0.15) is 29.3 Å². The number of benzene rings is 1. The Bertz CT molecular complexity index is 507. The van der Waals surface area contributed by atoms with Crippen LogP contribution >= 0.6 is 0 Å². The van der Waals surface area contributed by atoms with E-state index in [9.17, 15) is 10.1 Å². The molecule has 0 bridgehead atoms. The van der Waals surface area contributed by atoms with E-state index in [0.717, 1.165) is 31.5 Å². The fraction of sp³-hybridized carbons (Fsp3) is 0.467. The van der Waals surface area contributed by atoms with Crippen molar-refractivity contribution < 1.29 is 9.53 Å². The summed E-state index contributed by atoms with van der Waals surface area (Å²) in [6.45, 7) is 3.88. The fourth-order valence-electron chi connectivity index (χ4n) is 2.55. The van der Waals surface area contributed by atoms with E-state index in [1.807, 2.05) is 6.07 Å². The monoisotopic (exact) mass is 258 g/mol. The van der Waals surface area contributed by atoms with E-state index in [2.05, 4.69) is 17.9 Å². The first-order valence-electron chi connectivity index (χ1n) is 6.46. The molecule has 4 nitrogen and oxygen atoms in total. The van der Waals surface area contributed by atoms with Crippen LogP contribution in [0.5, 0.6) is 0 Å². The van der Waals surface area contributed by atoms with Gasteiger partial charge >= 0.3 is 0 Å². The third kappa shape index (κ3) is 2.77. The lowest BCUT2D eigenvalue weighted by molar-refractivity contribution is 0.0498. The van der Waals surface area contributed by atoms with E-state index >= 15 is 0 Å². The average Bonchev–Trinajstić information content (AvgIpc) is 2.47. The van der Waals surface area contributed by atoms with Crippen molar-refractivity contribution in [2.45, 2.75) is 19.4 Å². The van der Waals surface area contributed by atoms with Gasteiger partial charge in [-0.15, -0.1) is 0 Å². The van der Waals surface area contributed by atoms with Gasteiger partial charge < -0.3 is 9.64 Å². The van der Waals surface area contributed by atoms with Crippen molar-refractivity contribution in [3.63, 3.8) is 0 Å². The van der Waals surface area contributed by atoms with E-state index in [4.69, 9.17) is 4.74 Å². The Morgan fingerprint density at radius 1 is 1.53 bits per heavy atom. The van der Waals surface area contributed by atoms with E-state index in [1.165, 1.54) is 0 Å². The number of carbonyl (C=O) groups is 1. The summed E-state index contributed by atoms with van der Waals surface area (Å²) in [5, 5.41) is 9.22. The van der Waals surface area contributed by atoms with Gasteiger partial charge in [0.15, 0.2) is 0 Å². The molecule has 100 valence electrons. The van der Waals surface area contributed by atoms with Gasteiger partial charge in [0.1, 0.15) is 12.4 Å². The molecule has 1 heterocycles. The van der Waals surface area contributed by atoms with Crippen LogP contribution in [0.4, 0.5) is 5.69 Å². The molecule has 0 saturated carbocycles. The van der Waals surface area contributed by atoms with Gasteiger partial charge in [0.25, 0.3) is 0 Å². The van der Waals surface area contributed by atoms with Gasteiger partial charge in [-0.25, -0.2) is 0 Å². The molecule has 0 radical (unpaired) electrons. The second-order valence-corrected chi connectivity index (χ2v) is 4.99. The molecule has 1 aliphatic rings. The van der Waals surface area contributed by atoms with E-state index in [-0.39, 0.29) is 6.10 Å². The highest BCUT2D eigenvalue weighted by Gasteiger charge is 2.27. The minimum Gasteiger partial charge on any atom is -0.379 e. The first kappa shape index (κ1) is 13.6. The Labute approximate surface area is 113 Å². The zero-order chi connectivity index (χ0) is 13.8. The summed E-state index contributed by atoms with van der Waals surface area (Å²) in [5.41, 5.74) is 1.98. The molecule has 0 N–H and O–H groups in total. The van der Waals surface area contributed by atoms with Gasteiger partial charge in [0, 0.05) is 25.8 Å². The number of piperidine rings is 1. The maximum Gasteiger partial charge on any atom is 0.150 e. The molecular formula is C15H18N2O2. The van der Waals surface area contributed by atoms with Gasteiger partial charge in [0.05, 0.1) is 17.4 Å². The van der Waals surface area contributed by atoms with Gasteiger partial charge in [-0.3, -0.25) is 4.79 Å². The van der Waals surface area contributed by atoms with Gasteiger partial charge in [0.2, 0.25) is 0 Å². The van der Waals surface area contributed by atoms with Crippen LogP contribution in [0.2, 0.25) is 0 Å². The highest BCUT2D eigenvalue weighted by molar-refractivity contribution is 5.78. The number of hydrogen-bond donors (Lipinski definition) is 0.